The number of benzene rings is 1. The van der Waals surface area contributed by atoms with Gasteiger partial charge < -0.3 is 15.4 Å². The second-order valence-corrected chi connectivity index (χ2v) is 9.85. The van der Waals surface area contributed by atoms with Crippen molar-refractivity contribution in [3.8, 4) is 5.75 Å². The van der Waals surface area contributed by atoms with E-state index in [2.05, 4.69) is 29.7 Å². The Morgan fingerprint density at radius 1 is 1.23 bits per heavy atom. The zero-order chi connectivity index (χ0) is 17.5. The molecule has 0 bridgehead atoms. The molecule has 0 radical (unpaired) electrons. The summed E-state index contributed by atoms with van der Waals surface area (Å²) in [5.74, 6) is 3.20. The van der Waals surface area contributed by atoms with Crippen molar-refractivity contribution in [3.63, 3.8) is 0 Å². The summed E-state index contributed by atoms with van der Waals surface area (Å²) in [6.07, 6.45) is 3.51. The van der Waals surface area contributed by atoms with E-state index in [9.17, 15) is 4.79 Å². The van der Waals surface area contributed by atoms with Crippen molar-refractivity contribution in [2.75, 3.05) is 37.7 Å². The van der Waals surface area contributed by atoms with Crippen molar-refractivity contribution in [2.45, 2.75) is 30.8 Å². The Morgan fingerprint density at radius 3 is 2.54 bits per heavy atom. The highest BCUT2D eigenvalue weighted by Gasteiger charge is 2.27. The van der Waals surface area contributed by atoms with Crippen molar-refractivity contribution in [1.29, 1.82) is 0 Å². The van der Waals surface area contributed by atoms with Crippen LogP contribution in [0.1, 0.15) is 36.3 Å². The average molecular weight is 417 g/mol. The van der Waals surface area contributed by atoms with Crippen LogP contribution in [0.3, 0.4) is 0 Å². The molecule has 2 aliphatic heterocycles. The second kappa shape index (κ2) is 10.7. The number of halogens is 1. The van der Waals surface area contributed by atoms with Crippen LogP contribution < -0.4 is 15.4 Å². The molecule has 0 saturated carbocycles. The Balaban J connectivity index is 0.00000243. The first-order valence-electron chi connectivity index (χ1n) is 9.08. The molecule has 0 spiro atoms. The van der Waals surface area contributed by atoms with E-state index in [0.717, 1.165) is 38.2 Å². The first kappa shape index (κ1) is 21.7. The van der Waals surface area contributed by atoms with Crippen molar-refractivity contribution in [1.82, 2.24) is 10.6 Å². The third-order valence-electron chi connectivity index (χ3n) is 4.87. The van der Waals surface area contributed by atoms with Crippen molar-refractivity contribution in [3.05, 3.63) is 29.8 Å². The maximum absolute atomic E-state index is 12.1. The molecule has 3 rings (SSSR count). The molecule has 2 saturated heterocycles. The second-order valence-electron chi connectivity index (χ2n) is 7.12. The summed E-state index contributed by atoms with van der Waals surface area (Å²) in [7, 11) is 0. The summed E-state index contributed by atoms with van der Waals surface area (Å²) < 4.78 is 6.18. The predicted molar refractivity (Wildman–Crippen MR) is 115 cm³/mol. The molecule has 0 aromatic heterocycles. The molecular formula is C19H29ClN2O2S2. The molecule has 1 aromatic carbocycles. The van der Waals surface area contributed by atoms with Crippen LogP contribution >= 0.6 is 35.9 Å². The molecule has 2 fully saturated rings. The molecule has 2 N–H and O–H groups in total. The van der Waals surface area contributed by atoms with Gasteiger partial charge in [0.25, 0.3) is 5.91 Å². The van der Waals surface area contributed by atoms with E-state index >= 15 is 0 Å². The standard InChI is InChI=1S/C19H28N2O2S2.ClH/c1-19(7-9-20-10-8-19)14-21-17(22)13-23-16-5-3-15(4-6-16)18-24-11-2-12-25-18;/h3-6,18,20H,2,7-14H2,1H3,(H,21,22);1H. The summed E-state index contributed by atoms with van der Waals surface area (Å²) in [6, 6.07) is 8.21. The molecule has 4 nitrogen and oxygen atoms in total. The van der Waals surface area contributed by atoms with Gasteiger partial charge in [0.2, 0.25) is 0 Å². The Hall–Kier alpha value is -0.560. The SMILES string of the molecule is CC1(CNC(=O)COc2ccc(C3SCCCS3)cc2)CCNCC1.Cl. The smallest absolute Gasteiger partial charge is 0.257 e. The van der Waals surface area contributed by atoms with Gasteiger partial charge in [-0.3, -0.25) is 4.79 Å². The van der Waals surface area contributed by atoms with E-state index in [1.54, 1.807) is 0 Å². The summed E-state index contributed by atoms with van der Waals surface area (Å²) in [5, 5.41) is 6.39. The fourth-order valence-corrected chi connectivity index (χ4v) is 6.01. The van der Waals surface area contributed by atoms with Crippen LogP contribution in [-0.4, -0.2) is 43.7 Å². The van der Waals surface area contributed by atoms with Crippen molar-refractivity contribution < 1.29 is 9.53 Å². The number of hydrogen-bond donors (Lipinski definition) is 2. The normalized spacial score (nSPS) is 20.0. The van der Waals surface area contributed by atoms with Gasteiger partial charge in [-0.1, -0.05) is 19.1 Å². The lowest BCUT2D eigenvalue weighted by atomic mass is 9.81. The minimum Gasteiger partial charge on any atom is -0.484 e. The molecule has 0 atom stereocenters. The maximum atomic E-state index is 12.1. The molecule has 0 unspecified atom stereocenters. The fraction of sp³-hybridized carbons (Fsp3) is 0.632. The van der Waals surface area contributed by atoms with Crippen LogP contribution in [0.5, 0.6) is 5.75 Å². The third kappa shape index (κ3) is 6.55. The molecule has 26 heavy (non-hydrogen) atoms. The number of piperidine rings is 1. The van der Waals surface area contributed by atoms with Crippen molar-refractivity contribution >= 4 is 41.8 Å². The summed E-state index contributed by atoms with van der Waals surface area (Å²) in [5.41, 5.74) is 1.54. The van der Waals surface area contributed by atoms with Gasteiger partial charge in [0.15, 0.2) is 6.61 Å². The lowest BCUT2D eigenvalue weighted by Crippen LogP contribution is -2.43. The number of ether oxygens (including phenoxy) is 1. The fourth-order valence-electron chi connectivity index (χ4n) is 3.12. The molecule has 7 heteroatoms. The minimum absolute atomic E-state index is 0. The zero-order valence-corrected chi connectivity index (χ0v) is 17.7. The maximum Gasteiger partial charge on any atom is 0.257 e. The highest BCUT2D eigenvalue weighted by atomic mass is 35.5. The Morgan fingerprint density at radius 2 is 1.88 bits per heavy atom. The van der Waals surface area contributed by atoms with Crippen LogP contribution in [0.4, 0.5) is 0 Å². The Labute approximate surface area is 171 Å². The molecule has 2 aliphatic rings. The molecule has 0 aliphatic carbocycles. The summed E-state index contributed by atoms with van der Waals surface area (Å²) in [4.78, 5) is 12.1. The van der Waals surface area contributed by atoms with Gasteiger partial charge in [0, 0.05) is 6.54 Å². The summed E-state index contributed by atoms with van der Waals surface area (Å²) >= 11 is 4.03. The first-order valence-corrected chi connectivity index (χ1v) is 11.2. The quantitative estimate of drug-likeness (QED) is 0.737. The molecule has 1 amide bonds. The van der Waals surface area contributed by atoms with E-state index < -0.39 is 0 Å². The first-order chi connectivity index (χ1) is 12.1. The number of carbonyl (C=O) groups is 1. The van der Waals surface area contributed by atoms with Crippen LogP contribution in [-0.2, 0) is 4.79 Å². The molecule has 146 valence electrons. The Bertz CT molecular complexity index is 559. The lowest BCUT2D eigenvalue weighted by molar-refractivity contribution is -0.123. The van der Waals surface area contributed by atoms with E-state index in [4.69, 9.17) is 4.74 Å². The number of amides is 1. The van der Waals surface area contributed by atoms with E-state index in [1.165, 1.54) is 23.5 Å². The average Bonchev–Trinajstić information content (AvgIpc) is 2.66. The zero-order valence-electron chi connectivity index (χ0n) is 15.3. The van der Waals surface area contributed by atoms with Crippen LogP contribution in [0.25, 0.3) is 0 Å². The van der Waals surface area contributed by atoms with Crippen LogP contribution in [0.2, 0.25) is 0 Å². The van der Waals surface area contributed by atoms with Gasteiger partial charge in [-0.05, 0) is 67.0 Å². The minimum atomic E-state index is -0.0396. The van der Waals surface area contributed by atoms with E-state index in [0.29, 0.717) is 4.58 Å². The van der Waals surface area contributed by atoms with Crippen LogP contribution in [0, 0.1) is 5.41 Å². The van der Waals surface area contributed by atoms with Gasteiger partial charge in [0.05, 0.1) is 4.58 Å². The highest BCUT2D eigenvalue weighted by molar-refractivity contribution is 8.16. The van der Waals surface area contributed by atoms with Crippen molar-refractivity contribution in [2.24, 2.45) is 5.41 Å². The van der Waals surface area contributed by atoms with Gasteiger partial charge in [0.1, 0.15) is 5.75 Å². The van der Waals surface area contributed by atoms with E-state index in [1.807, 2.05) is 35.7 Å². The van der Waals surface area contributed by atoms with Crippen LogP contribution in [0.15, 0.2) is 24.3 Å². The molecule has 1 aromatic rings. The third-order valence-corrected chi connectivity index (χ3v) is 7.89. The summed E-state index contributed by atoms with van der Waals surface area (Å²) in [6.45, 7) is 5.13. The van der Waals surface area contributed by atoms with Gasteiger partial charge in [-0.2, -0.15) is 0 Å². The Kier molecular flexibility index (Phi) is 8.94. The lowest BCUT2D eigenvalue weighted by Gasteiger charge is -2.34. The number of thioether (sulfide) groups is 2. The highest BCUT2D eigenvalue weighted by Crippen LogP contribution is 2.43. The number of hydrogen-bond acceptors (Lipinski definition) is 5. The topological polar surface area (TPSA) is 50.4 Å². The van der Waals surface area contributed by atoms with Gasteiger partial charge >= 0.3 is 0 Å². The predicted octanol–water partition coefficient (Wildman–Crippen LogP) is 3.86. The molecular weight excluding hydrogens is 388 g/mol. The molecule has 2 heterocycles. The largest absolute Gasteiger partial charge is 0.484 e. The number of carbonyl (C=O) groups excluding carboxylic acids is 1. The number of nitrogens with one attached hydrogen (secondary N) is 2. The van der Waals surface area contributed by atoms with Gasteiger partial charge in [-0.15, -0.1) is 35.9 Å². The monoisotopic (exact) mass is 416 g/mol. The van der Waals surface area contributed by atoms with E-state index in [-0.39, 0.29) is 30.3 Å². The number of rotatable bonds is 6. The van der Waals surface area contributed by atoms with Gasteiger partial charge in [-0.25, -0.2) is 0 Å².